The quantitative estimate of drug-likeness (QED) is 0.856. The number of aryl methyl sites for hydroxylation is 1. The standard InChI is InChI=1S/C15H20N2O2S2/c1-4-13-8-9-15(20-13)11(2)17-12-6-5-7-14(10-12)21(18,19)16-3/h5-11,16-17H,4H2,1-3H3. The van der Waals surface area contributed by atoms with Gasteiger partial charge in [0.1, 0.15) is 0 Å². The fraction of sp³-hybridized carbons (Fsp3) is 0.333. The van der Waals surface area contributed by atoms with Crippen molar-refractivity contribution >= 4 is 27.0 Å². The summed E-state index contributed by atoms with van der Waals surface area (Å²) < 4.78 is 26.0. The fourth-order valence-corrected chi connectivity index (χ4v) is 3.74. The van der Waals surface area contributed by atoms with E-state index >= 15 is 0 Å². The van der Waals surface area contributed by atoms with Crippen molar-refractivity contribution in [3.8, 4) is 0 Å². The van der Waals surface area contributed by atoms with Crippen LogP contribution in [0.5, 0.6) is 0 Å². The molecule has 0 radical (unpaired) electrons. The molecule has 1 aromatic heterocycles. The summed E-state index contributed by atoms with van der Waals surface area (Å²) in [6.45, 7) is 4.21. The highest BCUT2D eigenvalue weighted by Gasteiger charge is 2.13. The van der Waals surface area contributed by atoms with Crippen LogP contribution in [0.1, 0.15) is 29.6 Å². The van der Waals surface area contributed by atoms with Crippen LogP contribution in [0.15, 0.2) is 41.3 Å². The molecule has 4 nitrogen and oxygen atoms in total. The Hall–Kier alpha value is -1.37. The molecule has 1 heterocycles. The molecule has 114 valence electrons. The minimum atomic E-state index is -3.41. The first-order valence-corrected chi connectivity index (χ1v) is 9.15. The molecule has 1 unspecified atom stereocenters. The summed E-state index contributed by atoms with van der Waals surface area (Å²) in [5, 5.41) is 3.35. The number of hydrogen-bond donors (Lipinski definition) is 2. The van der Waals surface area contributed by atoms with Crippen molar-refractivity contribution in [2.24, 2.45) is 0 Å². The first-order chi connectivity index (χ1) is 9.96. The van der Waals surface area contributed by atoms with E-state index in [9.17, 15) is 8.42 Å². The van der Waals surface area contributed by atoms with Crippen molar-refractivity contribution in [3.63, 3.8) is 0 Å². The molecule has 6 heteroatoms. The van der Waals surface area contributed by atoms with Crippen LogP contribution in [-0.2, 0) is 16.4 Å². The second-order valence-electron chi connectivity index (χ2n) is 4.76. The largest absolute Gasteiger partial charge is 0.378 e. The van der Waals surface area contributed by atoms with E-state index in [0.29, 0.717) is 0 Å². The molecular weight excluding hydrogens is 304 g/mol. The summed E-state index contributed by atoms with van der Waals surface area (Å²) in [5.74, 6) is 0. The Kier molecular flexibility index (Phi) is 5.03. The summed E-state index contributed by atoms with van der Waals surface area (Å²) in [6, 6.07) is 11.3. The molecule has 2 N–H and O–H groups in total. The summed E-state index contributed by atoms with van der Waals surface area (Å²) in [4.78, 5) is 2.86. The number of rotatable bonds is 6. The Bertz CT molecular complexity index is 708. The van der Waals surface area contributed by atoms with E-state index in [-0.39, 0.29) is 10.9 Å². The number of anilines is 1. The van der Waals surface area contributed by atoms with Gasteiger partial charge in [-0.05, 0) is 50.7 Å². The minimum absolute atomic E-state index is 0.142. The first-order valence-electron chi connectivity index (χ1n) is 6.85. The molecule has 2 rings (SSSR count). The summed E-state index contributed by atoms with van der Waals surface area (Å²) in [6.07, 6.45) is 1.04. The second kappa shape index (κ2) is 6.60. The van der Waals surface area contributed by atoms with Crippen molar-refractivity contribution in [1.82, 2.24) is 4.72 Å². The lowest BCUT2D eigenvalue weighted by Crippen LogP contribution is -2.18. The van der Waals surface area contributed by atoms with Crippen LogP contribution in [0.3, 0.4) is 0 Å². The molecule has 0 spiro atoms. The highest BCUT2D eigenvalue weighted by molar-refractivity contribution is 7.89. The van der Waals surface area contributed by atoms with Gasteiger partial charge in [-0.25, -0.2) is 13.1 Å². The lowest BCUT2D eigenvalue weighted by atomic mass is 10.2. The Balaban J connectivity index is 2.18. The highest BCUT2D eigenvalue weighted by Crippen LogP contribution is 2.27. The molecule has 0 aliphatic heterocycles. The van der Waals surface area contributed by atoms with Gasteiger partial charge in [-0.15, -0.1) is 11.3 Å². The van der Waals surface area contributed by atoms with E-state index < -0.39 is 10.0 Å². The van der Waals surface area contributed by atoms with Crippen LogP contribution in [0.2, 0.25) is 0 Å². The van der Waals surface area contributed by atoms with Gasteiger partial charge >= 0.3 is 0 Å². The molecule has 21 heavy (non-hydrogen) atoms. The van der Waals surface area contributed by atoms with E-state index in [4.69, 9.17) is 0 Å². The third-order valence-corrected chi connectivity index (χ3v) is 6.08. The third kappa shape index (κ3) is 3.84. The van der Waals surface area contributed by atoms with Crippen LogP contribution in [-0.4, -0.2) is 15.5 Å². The molecule has 1 aromatic carbocycles. The Labute approximate surface area is 130 Å². The molecule has 1 atom stereocenters. The van der Waals surface area contributed by atoms with Gasteiger partial charge in [0, 0.05) is 15.4 Å². The molecule has 2 aromatic rings. The van der Waals surface area contributed by atoms with E-state index in [1.54, 1.807) is 29.5 Å². The van der Waals surface area contributed by atoms with E-state index in [1.165, 1.54) is 16.8 Å². The smallest absolute Gasteiger partial charge is 0.240 e. The van der Waals surface area contributed by atoms with Gasteiger partial charge in [-0.2, -0.15) is 0 Å². The SMILES string of the molecule is CCc1ccc(C(C)Nc2cccc(S(=O)(=O)NC)c2)s1. The van der Waals surface area contributed by atoms with Gasteiger partial charge in [-0.1, -0.05) is 13.0 Å². The van der Waals surface area contributed by atoms with Gasteiger partial charge in [-0.3, -0.25) is 0 Å². The number of sulfonamides is 1. The van der Waals surface area contributed by atoms with Gasteiger partial charge in [0.2, 0.25) is 10.0 Å². The third-order valence-electron chi connectivity index (χ3n) is 3.25. The van der Waals surface area contributed by atoms with Gasteiger partial charge < -0.3 is 5.32 Å². The van der Waals surface area contributed by atoms with Gasteiger partial charge in [0.05, 0.1) is 10.9 Å². The minimum Gasteiger partial charge on any atom is -0.378 e. The average molecular weight is 324 g/mol. The number of benzene rings is 1. The Morgan fingerprint density at radius 3 is 2.62 bits per heavy atom. The molecule has 0 aliphatic carbocycles. The topological polar surface area (TPSA) is 58.2 Å². The molecule has 0 amide bonds. The van der Waals surface area contributed by atoms with Crippen LogP contribution >= 0.6 is 11.3 Å². The Morgan fingerprint density at radius 1 is 1.24 bits per heavy atom. The van der Waals surface area contributed by atoms with E-state index in [0.717, 1.165) is 12.1 Å². The zero-order valence-corrected chi connectivity index (χ0v) is 14.0. The van der Waals surface area contributed by atoms with Gasteiger partial charge in [0.25, 0.3) is 0 Å². The zero-order chi connectivity index (χ0) is 15.5. The van der Waals surface area contributed by atoms with E-state index in [2.05, 4.69) is 36.0 Å². The zero-order valence-electron chi connectivity index (χ0n) is 12.4. The molecule has 0 saturated carbocycles. The second-order valence-corrected chi connectivity index (χ2v) is 7.85. The fourth-order valence-electron chi connectivity index (χ4n) is 2.01. The molecule has 0 bridgehead atoms. The number of thiophene rings is 1. The maximum absolute atomic E-state index is 11.8. The lowest BCUT2D eigenvalue weighted by molar-refractivity contribution is 0.588. The normalized spacial score (nSPS) is 13.1. The van der Waals surface area contributed by atoms with Crippen LogP contribution in [0.4, 0.5) is 5.69 Å². The monoisotopic (exact) mass is 324 g/mol. The average Bonchev–Trinajstić information content (AvgIpc) is 2.96. The molecule has 0 saturated heterocycles. The summed E-state index contributed by atoms with van der Waals surface area (Å²) >= 11 is 1.78. The van der Waals surface area contributed by atoms with Crippen molar-refractivity contribution < 1.29 is 8.42 Å². The van der Waals surface area contributed by atoms with Crippen molar-refractivity contribution in [1.29, 1.82) is 0 Å². The maximum atomic E-state index is 11.8. The highest BCUT2D eigenvalue weighted by atomic mass is 32.2. The van der Waals surface area contributed by atoms with Crippen molar-refractivity contribution in [2.75, 3.05) is 12.4 Å². The summed E-state index contributed by atoms with van der Waals surface area (Å²) in [5.41, 5.74) is 0.797. The van der Waals surface area contributed by atoms with E-state index in [1.807, 2.05) is 6.07 Å². The van der Waals surface area contributed by atoms with Crippen molar-refractivity contribution in [3.05, 3.63) is 46.2 Å². The maximum Gasteiger partial charge on any atom is 0.240 e. The number of hydrogen-bond acceptors (Lipinski definition) is 4. The molecular formula is C15H20N2O2S2. The van der Waals surface area contributed by atoms with Crippen molar-refractivity contribution in [2.45, 2.75) is 31.2 Å². The number of nitrogens with one attached hydrogen (secondary N) is 2. The predicted molar refractivity (Wildman–Crippen MR) is 88.4 cm³/mol. The van der Waals surface area contributed by atoms with Crippen LogP contribution < -0.4 is 10.0 Å². The Morgan fingerprint density at radius 2 is 2.00 bits per heavy atom. The predicted octanol–water partition coefficient (Wildman–Crippen LogP) is 3.39. The molecule has 0 aliphatic rings. The van der Waals surface area contributed by atoms with Gasteiger partial charge in [0.15, 0.2) is 0 Å². The van der Waals surface area contributed by atoms with Crippen LogP contribution in [0.25, 0.3) is 0 Å². The van der Waals surface area contributed by atoms with Crippen LogP contribution in [0, 0.1) is 0 Å². The lowest BCUT2D eigenvalue weighted by Gasteiger charge is -2.14. The summed E-state index contributed by atoms with van der Waals surface area (Å²) in [7, 11) is -2.00. The molecule has 0 fully saturated rings. The first kappa shape index (κ1) is 16.0.